The van der Waals surface area contributed by atoms with Gasteiger partial charge in [0.2, 0.25) is 5.60 Å². The minimum absolute atomic E-state index is 0.00264. The van der Waals surface area contributed by atoms with Gasteiger partial charge < -0.3 is 35.5 Å². The maximum absolute atomic E-state index is 14.5. The molecule has 232 valence electrons. The molecule has 0 aliphatic carbocycles. The molecule has 16 heteroatoms. The van der Waals surface area contributed by atoms with Crippen LogP contribution in [0.5, 0.6) is 17.2 Å². The number of aliphatic hydroxyl groups excluding tert-OH is 1. The molecule has 1 aliphatic rings. The van der Waals surface area contributed by atoms with Crippen LogP contribution in [-0.4, -0.2) is 66.9 Å². The van der Waals surface area contributed by atoms with Crippen LogP contribution in [-0.2, 0) is 11.1 Å². The van der Waals surface area contributed by atoms with Gasteiger partial charge in [-0.05, 0) is 48.5 Å². The van der Waals surface area contributed by atoms with Crippen molar-refractivity contribution in [2.24, 2.45) is 5.73 Å². The summed E-state index contributed by atoms with van der Waals surface area (Å²) in [5, 5.41) is 21.8. The third-order valence-corrected chi connectivity index (χ3v) is 6.69. The third-order valence-electron chi connectivity index (χ3n) is 6.69. The zero-order chi connectivity index (χ0) is 31.8. The average Bonchev–Trinajstić information content (AvgIpc) is 3.31. The highest BCUT2D eigenvalue weighted by atomic mass is 19.4. The molecule has 0 spiro atoms. The van der Waals surface area contributed by atoms with Crippen molar-refractivity contribution in [3.05, 3.63) is 71.2 Å². The molecule has 1 aromatic heterocycles. The first kappa shape index (κ1) is 31.8. The number of halogens is 7. The molecule has 1 aliphatic heterocycles. The lowest BCUT2D eigenvalue weighted by atomic mass is 9.87. The smallest absolute Gasteiger partial charge is 0.424 e. The number of benzene rings is 2. The Morgan fingerprint density at radius 1 is 1.09 bits per heavy atom. The van der Waals surface area contributed by atoms with E-state index >= 15 is 0 Å². The van der Waals surface area contributed by atoms with Crippen molar-refractivity contribution >= 4 is 5.91 Å². The molecule has 0 saturated carbocycles. The van der Waals surface area contributed by atoms with E-state index in [4.69, 9.17) is 25.1 Å². The summed E-state index contributed by atoms with van der Waals surface area (Å²) in [5.74, 6) is -2.35. The highest BCUT2D eigenvalue weighted by molar-refractivity contribution is 5.95. The number of amides is 1. The van der Waals surface area contributed by atoms with Crippen molar-refractivity contribution in [3.63, 3.8) is 0 Å². The number of carbonyl (C=O) groups is 1. The Morgan fingerprint density at radius 3 is 2.35 bits per heavy atom. The van der Waals surface area contributed by atoms with Crippen molar-refractivity contribution in [1.82, 2.24) is 10.3 Å². The number of hydrogen-bond acceptors (Lipinski definition) is 8. The van der Waals surface area contributed by atoms with Crippen LogP contribution in [0, 0.1) is 5.82 Å². The summed E-state index contributed by atoms with van der Waals surface area (Å²) in [5.41, 5.74) is -4.90. The molecule has 1 amide bonds. The summed E-state index contributed by atoms with van der Waals surface area (Å²) < 4.78 is 114. The Balaban J connectivity index is 1.78. The molecule has 43 heavy (non-hydrogen) atoms. The Labute approximate surface area is 239 Å². The van der Waals surface area contributed by atoms with Crippen LogP contribution in [0.1, 0.15) is 21.6 Å². The fraction of sp³-hybridized carbons (Fsp3) is 0.333. The summed E-state index contributed by atoms with van der Waals surface area (Å²) in [6.07, 6.45) is -10.8. The van der Waals surface area contributed by atoms with Gasteiger partial charge in [-0.15, -0.1) is 0 Å². The lowest BCUT2D eigenvalue weighted by Gasteiger charge is -2.32. The van der Waals surface area contributed by atoms with Crippen LogP contribution < -0.4 is 25.3 Å². The van der Waals surface area contributed by atoms with Crippen molar-refractivity contribution in [3.8, 4) is 28.5 Å². The highest BCUT2D eigenvalue weighted by Crippen LogP contribution is 2.51. The van der Waals surface area contributed by atoms with Gasteiger partial charge in [-0.2, -0.15) is 26.3 Å². The number of aliphatic hydroxyl groups is 2. The normalized spacial score (nSPS) is 17.9. The van der Waals surface area contributed by atoms with Crippen molar-refractivity contribution in [2.75, 3.05) is 33.5 Å². The molecule has 2 atom stereocenters. The number of rotatable bonds is 9. The highest BCUT2D eigenvalue weighted by Gasteiger charge is 2.61. The molecule has 0 bridgehead atoms. The summed E-state index contributed by atoms with van der Waals surface area (Å²) in [7, 11) is 1.23. The van der Waals surface area contributed by atoms with E-state index in [1.54, 1.807) is 0 Å². The standard InChI is InChI=1S/C27H24F7N3O6/c1-41-19-10-15(4-7-18(19)42-9-8-38)23(39)36-12-25(40,27(32,33)34)20-11-17-22(43-13-24(17,35)26(29,30)31)21(37-20)14-2-5-16(28)6-3-14/h2-7,10-11,38,40H,8-9,12-13,35H2,1H3,(H,36,39)/t24-,25+/m1/s1. The Morgan fingerprint density at radius 2 is 1.77 bits per heavy atom. The molecule has 4 rings (SSSR count). The Kier molecular flexibility index (Phi) is 8.50. The Hall–Kier alpha value is -4.15. The SMILES string of the molecule is COc1cc(C(=O)NC[C@](O)(c2cc3c(c(-c4ccc(F)cc4)n2)OC[C@]3(N)C(F)(F)F)C(F)(F)F)ccc1OCCO. The van der Waals surface area contributed by atoms with Crippen molar-refractivity contribution < 1.29 is 60.0 Å². The van der Waals surface area contributed by atoms with E-state index in [1.807, 2.05) is 5.32 Å². The number of ether oxygens (including phenoxy) is 3. The predicted octanol–water partition coefficient (Wildman–Crippen LogP) is 3.56. The third kappa shape index (κ3) is 5.89. The van der Waals surface area contributed by atoms with Crippen LogP contribution >= 0.6 is 0 Å². The summed E-state index contributed by atoms with van der Waals surface area (Å²) in [4.78, 5) is 16.6. The monoisotopic (exact) mass is 619 g/mol. The second kappa shape index (κ2) is 11.5. The predicted molar refractivity (Wildman–Crippen MR) is 135 cm³/mol. The number of hydrogen-bond donors (Lipinski definition) is 4. The number of carbonyl (C=O) groups excluding carboxylic acids is 1. The van der Waals surface area contributed by atoms with Crippen LogP contribution in [0.3, 0.4) is 0 Å². The van der Waals surface area contributed by atoms with Gasteiger partial charge in [-0.1, -0.05) is 0 Å². The summed E-state index contributed by atoms with van der Waals surface area (Å²) in [6, 6.07) is 7.77. The van der Waals surface area contributed by atoms with Crippen LogP contribution in [0.25, 0.3) is 11.3 Å². The van der Waals surface area contributed by atoms with Gasteiger partial charge in [0, 0.05) is 16.7 Å². The molecule has 3 aromatic rings. The zero-order valence-corrected chi connectivity index (χ0v) is 22.1. The molecule has 5 N–H and O–H groups in total. The Bertz CT molecular complexity index is 1500. The van der Waals surface area contributed by atoms with Crippen LogP contribution in [0.15, 0.2) is 48.5 Å². The van der Waals surface area contributed by atoms with Crippen molar-refractivity contribution in [1.29, 1.82) is 0 Å². The quantitative estimate of drug-likeness (QED) is 0.267. The fourth-order valence-electron chi connectivity index (χ4n) is 4.25. The van der Waals surface area contributed by atoms with E-state index in [1.165, 1.54) is 19.2 Å². The number of methoxy groups -OCH3 is 1. The van der Waals surface area contributed by atoms with Gasteiger partial charge in [0.05, 0.1) is 26.0 Å². The van der Waals surface area contributed by atoms with Gasteiger partial charge in [0.1, 0.15) is 24.7 Å². The zero-order valence-electron chi connectivity index (χ0n) is 22.1. The van der Waals surface area contributed by atoms with Gasteiger partial charge in [-0.3, -0.25) is 4.79 Å². The molecule has 0 unspecified atom stereocenters. The van der Waals surface area contributed by atoms with Crippen LogP contribution in [0.4, 0.5) is 30.7 Å². The van der Waals surface area contributed by atoms with E-state index < -0.39 is 71.1 Å². The fourth-order valence-corrected chi connectivity index (χ4v) is 4.25. The number of pyridine rings is 1. The topological polar surface area (TPSA) is 136 Å². The van der Waals surface area contributed by atoms with E-state index in [-0.39, 0.29) is 35.8 Å². The largest absolute Gasteiger partial charge is 0.493 e. The lowest BCUT2D eigenvalue weighted by molar-refractivity contribution is -0.265. The van der Waals surface area contributed by atoms with Gasteiger partial charge in [0.25, 0.3) is 5.91 Å². The molecular weight excluding hydrogens is 595 g/mol. The van der Waals surface area contributed by atoms with Crippen LogP contribution in [0.2, 0.25) is 0 Å². The first-order valence-electron chi connectivity index (χ1n) is 12.3. The second-order valence-electron chi connectivity index (χ2n) is 9.48. The molecule has 0 fully saturated rings. The minimum Gasteiger partial charge on any atom is -0.493 e. The minimum atomic E-state index is -5.59. The molecule has 9 nitrogen and oxygen atoms in total. The molecular formula is C27H24F7N3O6. The number of nitrogens with two attached hydrogens (primary N) is 1. The first-order chi connectivity index (χ1) is 20.1. The number of fused-ring (bicyclic) bond motifs is 1. The lowest BCUT2D eigenvalue weighted by Crippen LogP contribution is -2.53. The molecule has 2 heterocycles. The van der Waals surface area contributed by atoms with Gasteiger partial charge in [0.15, 0.2) is 22.8 Å². The maximum Gasteiger partial charge on any atom is 0.424 e. The number of nitrogens with one attached hydrogen (secondary N) is 1. The van der Waals surface area contributed by atoms with Gasteiger partial charge in [-0.25, -0.2) is 9.37 Å². The van der Waals surface area contributed by atoms with E-state index in [9.17, 15) is 40.6 Å². The van der Waals surface area contributed by atoms with E-state index in [2.05, 4.69) is 4.98 Å². The summed E-state index contributed by atoms with van der Waals surface area (Å²) >= 11 is 0. The second-order valence-corrected chi connectivity index (χ2v) is 9.48. The maximum atomic E-state index is 14.5. The molecule has 0 radical (unpaired) electrons. The molecule has 2 aromatic carbocycles. The van der Waals surface area contributed by atoms with E-state index in [0.717, 1.165) is 30.3 Å². The number of alkyl halides is 6. The molecule has 0 saturated heterocycles. The van der Waals surface area contributed by atoms with Crippen molar-refractivity contribution in [2.45, 2.75) is 23.5 Å². The summed E-state index contributed by atoms with van der Waals surface area (Å²) in [6.45, 7) is -3.23. The van der Waals surface area contributed by atoms with Gasteiger partial charge >= 0.3 is 12.4 Å². The number of nitrogens with zero attached hydrogens (tertiary/aromatic N) is 1. The first-order valence-corrected chi connectivity index (χ1v) is 12.3. The average molecular weight is 619 g/mol. The van der Waals surface area contributed by atoms with E-state index in [0.29, 0.717) is 6.07 Å². The number of aromatic nitrogens is 1.